The number of ether oxygens (including phenoxy) is 3. The first-order valence-electron chi connectivity index (χ1n) is 27.1. The van der Waals surface area contributed by atoms with Crippen LogP contribution in [0.4, 0.5) is 24.0 Å². The van der Waals surface area contributed by atoms with Gasteiger partial charge in [-0.15, -0.1) is 16.4 Å². The molecule has 5 unspecified atom stereocenters. The lowest BCUT2D eigenvalue weighted by atomic mass is 9.96. The minimum atomic E-state index is -0.924. The Hall–Kier alpha value is -7.87. The van der Waals surface area contributed by atoms with E-state index in [1.54, 1.807) is 37.4 Å². The molecule has 3 aromatic heterocycles. The number of rotatable bonds is 18. The number of thiophene rings is 1. The molecule has 2 amide bonds. The molecular formula is C60H61ClF3N11O6S. The van der Waals surface area contributed by atoms with Crippen LogP contribution in [0.2, 0.25) is 5.02 Å². The molecule has 426 valence electrons. The average Bonchev–Trinajstić information content (AvgIpc) is 2.06. The molecule has 0 radical (unpaired) electrons. The quantitative estimate of drug-likeness (QED) is 0.0464. The lowest BCUT2D eigenvalue weighted by Gasteiger charge is -2.34. The third-order valence-electron chi connectivity index (χ3n) is 15.4. The summed E-state index contributed by atoms with van der Waals surface area (Å²) in [6, 6.07) is 25.2. The second-order valence-electron chi connectivity index (χ2n) is 20.9. The Morgan fingerprint density at radius 3 is 2.40 bits per heavy atom. The van der Waals surface area contributed by atoms with Gasteiger partial charge in [0, 0.05) is 66.3 Å². The van der Waals surface area contributed by atoms with Gasteiger partial charge in [0.05, 0.1) is 46.8 Å². The van der Waals surface area contributed by atoms with Crippen LogP contribution in [-0.2, 0) is 20.9 Å². The Bertz CT molecular complexity index is 3660. The molecule has 8 aromatic rings. The van der Waals surface area contributed by atoms with E-state index in [9.17, 15) is 28.7 Å². The van der Waals surface area contributed by atoms with Crippen LogP contribution in [0.1, 0.15) is 75.2 Å². The maximum atomic E-state index is 15.3. The van der Waals surface area contributed by atoms with Gasteiger partial charge in [-0.25, -0.2) is 17.9 Å². The molecule has 3 saturated heterocycles. The molecule has 3 fully saturated rings. The average molecular weight is 1160 g/mol. The normalized spacial score (nSPS) is 17.4. The molecule has 5 N–H and O–H groups in total. The summed E-state index contributed by atoms with van der Waals surface area (Å²) < 4.78 is 62.9. The van der Waals surface area contributed by atoms with Gasteiger partial charge in [-0.1, -0.05) is 97.4 Å². The maximum absolute atomic E-state index is 15.3. The highest BCUT2D eigenvalue weighted by atomic mass is 35.5. The molecular weight excluding hydrogens is 1100 g/mol. The Kier molecular flexibility index (Phi) is 17.6. The van der Waals surface area contributed by atoms with E-state index in [2.05, 4.69) is 52.7 Å². The number of fused-ring (bicyclic) bond motifs is 4. The predicted octanol–water partition coefficient (Wildman–Crippen LogP) is 10.2. The number of likely N-dealkylation sites (tertiary alicyclic amines) is 1. The number of aromatic nitrogens is 5. The number of nitrogens with two attached hydrogens (primary N) is 1. The summed E-state index contributed by atoms with van der Waals surface area (Å²) in [7, 11) is 1.60. The molecule has 17 nitrogen and oxygen atoms in total. The van der Waals surface area contributed by atoms with Crippen LogP contribution in [0, 0.1) is 34.7 Å². The molecule has 5 aromatic carbocycles. The zero-order chi connectivity index (χ0) is 57.8. The summed E-state index contributed by atoms with van der Waals surface area (Å²) in [6.07, 6.45) is 6.13. The minimum Gasteiger partial charge on any atom is -0.486 e. The molecule has 2 bridgehead atoms. The summed E-state index contributed by atoms with van der Waals surface area (Å²) in [4.78, 5) is 37.0. The van der Waals surface area contributed by atoms with Crippen LogP contribution in [0.5, 0.6) is 11.8 Å². The van der Waals surface area contributed by atoms with Crippen LogP contribution in [0.3, 0.4) is 0 Å². The lowest BCUT2D eigenvalue weighted by Crippen LogP contribution is -2.51. The number of methoxy groups -OCH3 is 1. The summed E-state index contributed by atoms with van der Waals surface area (Å²) >= 11 is 8.31. The van der Waals surface area contributed by atoms with Gasteiger partial charge in [-0.3, -0.25) is 9.59 Å². The van der Waals surface area contributed by atoms with Gasteiger partial charge >= 0.3 is 6.01 Å². The number of benzene rings is 5. The second kappa shape index (κ2) is 25.1. The summed E-state index contributed by atoms with van der Waals surface area (Å²) in [5, 5.41) is 36.6. The SMILES string of the molecule is COCCOc1nc(N2CC3CCC(C2)N3)c2cc(Cl)c(-c3ccc(F)c4sc(N)c(C#N)c34)c(OCc3ccc(-c4cn(C(C)C(C)C)nn4)cc3)c2n1.O=CN1CCCC1C(=O)NC(CO)c1ccc(-c2cccc(F)c2F)cc1. The van der Waals surface area contributed by atoms with Gasteiger partial charge in [0.2, 0.25) is 12.3 Å². The first-order chi connectivity index (χ1) is 39.7. The zero-order valence-corrected chi connectivity index (χ0v) is 47.1. The summed E-state index contributed by atoms with van der Waals surface area (Å²) in [6.45, 7) is 8.88. The number of nitrogens with one attached hydrogen (secondary N) is 2. The highest BCUT2D eigenvalue weighted by Crippen LogP contribution is 2.50. The van der Waals surface area contributed by atoms with Crippen LogP contribution in [0.25, 0.3) is 54.5 Å². The number of amides is 2. The van der Waals surface area contributed by atoms with E-state index >= 15 is 4.39 Å². The number of piperazine rings is 1. The van der Waals surface area contributed by atoms with Crippen LogP contribution in [-0.4, -0.2) is 112 Å². The third kappa shape index (κ3) is 11.9. The fraction of sp³-hybridized carbons (Fsp3) is 0.350. The van der Waals surface area contributed by atoms with E-state index in [0.29, 0.717) is 99.1 Å². The van der Waals surface area contributed by atoms with Crippen molar-refractivity contribution in [3.8, 4) is 51.3 Å². The summed E-state index contributed by atoms with van der Waals surface area (Å²) in [5.74, 6) is -1.21. The maximum Gasteiger partial charge on any atom is 0.319 e. The van der Waals surface area contributed by atoms with Crippen LogP contribution < -0.4 is 30.7 Å². The number of halogens is 4. The van der Waals surface area contributed by atoms with Crippen molar-refractivity contribution in [1.29, 1.82) is 5.26 Å². The Morgan fingerprint density at radius 2 is 1.71 bits per heavy atom. The second-order valence-corrected chi connectivity index (χ2v) is 22.4. The van der Waals surface area contributed by atoms with Crippen molar-refractivity contribution in [2.45, 2.75) is 83.3 Å². The molecule has 0 spiro atoms. The van der Waals surface area contributed by atoms with Gasteiger partial charge in [0.15, 0.2) is 17.4 Å². The van der Waals surface area contributed by atoms with Gasteiger partial charge < -0.3 is 45.5 Å². The Morgan fingerprint density at radius 1 is 0.963 bits per heavy atom. The number of carbonyl (C=O) groups is 2. The number of hydrogen-bond acceptors (Lipinski definition) is 15. The molecule has 82 heavy (non-hydrogen) atoms. The van der Waals surface area contributed by atoms with E-state index in [1.807, 2.05) is 41.2 Å². The van der Waals surface area contributed by atoms with Gasteiger partial charge in [0.25, 0.3) is 0 Å². The largest absolute Gasteiger partial charge is 0.486 e. The first kappa shape index (κ1) is 57.4. The van der Waals surface area contributed by atoms with Crippen molar-refractivity contribution >= 4 is 67.1 Å². The number of nitriles is 1. The Labute approximate surface area is 480 Å². The van der Waals surface area contributed by atoms with Crippen molar-refractivity contribution in [1.82, 2.24) is 40.5 Å². The van der Waals surface area contributed by atoms with Crippen LogP contribution in [0.15, 0.2) is 91.1 Å². The van der Waals surface area contributed by atoms with E-state index in [-0.39, 0.29) is 58.6 Å². The first-order valence-corrected chi connectivity index (χ1v) is 28.3. The number of nitrogen functional groups attached to an aromatic ring is 1. The number of hydrogen-bond donors (Lipinski definition) is 4. The van der Waals surface area contributed by atoms with Crippen molar-refractivity contribution in [3.63, 3.8) is 0 Å². The number of nitrogens with zero attached hydrogens (tertiary/aromatic N) is 8. The molecule has 22 heteroatoms. The molecule has 11 rings (SSSR count). The van der Waals surface area contributed by atoms with Gasteiger partial charge in [-0.2, -0.15) is 15.2 Å². The standard InChI is InChI=1S/C40H41ClFN9O3S.C20H20F2N2O3/c1-21(2)22(3)51-19-32(48-49-51)24-7-5-23(6-8-24)20-54-36-34(27-11-12-31(42)37-33(27)29(16-43)38(44)55-37)30(41)15-28-35(36)46-40(53-14-13-52-4)47-39(28)50-17-25-9-10-26(18-50)45-25;21-16-4-1-3-15(19(16)22)13-6-8-14(9-7-13)17(11-25)23-20(27)18-5-2-10-24(18)12-26/h5-8,11-12,15,19,21-22,25-26,45H,9-10,13-14,17-18,20,44H2,1-4H3;1,3-4,6-9,12,17-18,25H,2,5,10-11H2,(H,23,27). The monoisotopic (exact) mass is 1160 g/mol. The third-order valence-corrected chi connectivity index (χ3v) is 16.7. The van der Waals surface area contributed by atoms with E-state index in [1.165, 1.54) is 23.1 Å². The van der Waals surface area contributed by atoms with Crippen LogP contribution >= 0.6 is 22.9 Å². The van der Waals surface area contributed by atoms with Crippen molar-refractivity contribution in [2.75, 3.05) is 57.2 Å². The number of carbonyl (C=O) groups excluding carboxylic acids is 2. The fourth-order valence-corrected chi connectivity index (χ4v) is 12.0. The predicted molar refractivity (Wildman–Crippen MR) is 309 cm³/mol. The summed E-state index contributed by atoms with van der Waals surface area (Å²) in [5.41, 5.74) is 11.7. The number of anilines is 2. The highest BCUT2D eigenvalue weighted by molar-refractivity contribution is 7.23. The van der Waals surface area contributed by atoms with Crippen molar-refractivity contribution in [3.05, 3.63) is 130 Å². The molecule has 0 aliphatic carbocycles. The van der Waals surface area contributed by atoms with E-state index in [0.717, 1.165) is 66.6 Å². The Balaban J connectivity index is 0.000000234. The molecule has 6 heterocycles. The smallest absolute Gasteiger partial charge is 0.319 e. The van der Waals surface area contributed by atoms with Crippen molar-refractivity contribution in [2.24, 2.45) is 5.92 Å². The molecule has 5 atom stereocenters. The van der Waals surface area contributed by atoms with Crippen molar-refractivity contribution < 1.29 is 42.1 Å². The topological polar surface area (TPSA) is 219 Å². The molecule has 0 saturated carbocycles. The molecule has 3 aliphatic heterocycles. The van der Waals surface area contributed by atoms with Gasteiger partial charge in [-0.05, 0) is 79.0 Å². The molecule has 3 aliphatic rings. The lowest BCUT2D eigenvalue weighted by molar-refractivity contribution is -0.131. The number of aliphatic hydroxyl groups is 1. The highest BCUT2D eigenvalue weighted by Gasteiger charge is 2.35. The zero-order valence-electron chi connectivity index (χ0n) is 45.5. The fourth-order valence-electron chi connectivity index (χ4n) is 10.7. The number of aliphatic hydroxyl groups excluding tert-OH is 1. The minimum absolute atomic E-state index is 0.137. The van der Waals surface area contributed by atoms with Gasteiger partial charge in [0.1, 0.15) is 53.2 Å². The van der Waals surface area contributed by atoms with E-state index in [4.69, 9.17) is 41.5 Å². The van der Waals surface area contributed by atoms with E-state index < -0.39 is 29.5 Å².